The maximum Gasteiger partial charge on any atom is 0.265 e. The molecule has 7 heteroatoms. The van der Waals surface area contributed by atoms with Crippen molar-refractivity contribution in [2.24, 2.45) is 0 Å². The number of sulfonamides is 1. The summed E-state index contributed by atoms with van der Waals surface area (Å²) in [5.41, 5.74) is 0.519. The summed E-state index contributed by atoms with van der Waals surface area (Å²) in [5, 5.41) is 2.74. The molecule has 0 aromatic heterocycles. The van der Waals surface area contributed by atoms with Crippen LogP contribution < -0.4 is 14.8 Å². The maximum atomic E-state index is 12.5. The van der Waals surface area contributed by atoms with Crippen molar-refractivity contribution in [1.29, 1.82) is 0 Å². The summed E-state index contributed by atoms with van der Waals surface area (Å²) in [5.74, 6) is 0.306. The fourth-order valence-corrected chi connectivity index (χ4v) is 4.53. The summed E-state index contributed by atoms with van der Waals surface area (Å²) >= 11 is 0. The Kier molecular flexibility index (Phi) is 6.70. The van der Waals surface area contributed by atoms with Crippen LogP contribution in [-0.2, 0) is 14.8 Å². The predicted octanol–water partition coefficient (Wildman–Crippen LogP) is 3.70. The smallest absolute Gasteiger partial charge is 0.265 e. The van der Waals surface area contributed by atoms with Crippen LogP contribution in [0.5, 0.6) is 5.75 Å². The third-order valence-electron chi connectivity index (χ3n) is 4.78. The van der Waals surface area contributed by atoms with E-state index in [1.165, 1.54) is 18.6 Å². The van der Waals surface area contributed by atoms with Gasteiger partial charge < -0.3 is 10.1 Å². The average molecular weight is 403 g/mol. The van der Waals surface area contributed by atoms with Crippen LogP contribution in [0.4, 0.5) is 5.69 Å². The highest BCUT2D eigenvalue weighted by Gasteiger charge is 2.22. The molecule has 1 aliphatic carbocycles. The Labute approximate surface area is 166 Å². The zero-order valence-electron chi connectivity index (χ0n) is 15.9. The summed E-state index contributed by atoms with van der Waals surface area (Å²) in [6.07, 6.45) is 4.36. The third kappa shape index (κ3) is 5.56. The molecule has 1 unspecified atom stereocenters. The molecule has 0 aliphatic heterocycles. The molecule has 1 aliphatic rings. The molecule has 0 radical (unpaired) electrons. The van der Waals surface area contributed by atoms with E-state index >= 15 is 0 Å². The molecule has 0 spiro atoms. The van der Waals surface area contributed by atoms with Gasteiger partial charge in [-0.3, -0.25) is 4.79 Å². The molecule has 1 fully saturated rings. The lowest BCUT2D eigenvalue weighted by Gasteiger charge is -2.22. The SMILES string of the molecule is CC(Oc1ccccc1)C(=O)Nc1ccc(S(=O)(=O)NC2CCCCC2)cc1. The van der Waals surface area contributed by atoms with Gasteiger partial charge in [-0.25, -0.2) is 13.1 Å². The Morgan fingerprint density at radius 2 is 1.64 bits per heavy atom. The number of nitrogens with one attached hydrogen (secondary N) is 2. The average Bonchev–Trinajstić information content (AvgIpc) is 2.69. The van der Waals surface area contributed by atoms with Gasteiger partial charge in [-0.05, 0) is 56.2 Å². The number of benzene rings is 2. The van der Waals surface area contributed by atoms with Crippen molar-refractivity contribution in [3.05, 3.63) is 54.6 Å². The molecule has 6 nitrogen and oxygen atoms in total. The first-order chi connectivity index (χ1) is 13.4. The topological polar surface area (TPSA) is 84.5 Å². The number of hydrogen-bond donors (Lipinski definition) is 2. The number of carbonyl (C=O) groups excluding carboxylic acids is 1. The van der Waals surface area contributed by atoms with Crippen molar-refractivity contribution < 1.29 is 17.9 Å². The van der Waals surface area contributed by atoms with Crippen molar-refractivity contribution in [3.63, 3.8) is 0 Å². The first-order valence-electron chi connectivity index (χ1n) is 9.59. The van der Waals surface area contributed by atoms with Gasteiger partial charge >= 0.3 is 0 Å². The molecule has 28 heavy (non-hydrogen) atoms. The summed E-state index contributed by atoms with van der Waals surface area (Å²) in [4.78, 5) is 12.5. The zero-order valence-corrected chi connectivity index (χ0v) is 16.7. The molecule has 3 rings (SSSR count). The Hall–Kier alpha value is -2.38. The first kappa shape index (κ1) is 20.4. The second-order valence-electron chi connectivity index (χ2n) is 7.04. The largest absolute Gasteiger partial charge is 0.481 e. The minimum absolute atomic E-state index is 0.00844. The number of amides is 1. The van der Waals surface area contributed by atoms with E-state index in [2.05, 4.69) is 10.0 Å². The minimum Gasteiger partial charge on any atom is -0.481 e. The van der Waals surface area contributed by atoms with Gasteiger partial charge in [0, 0.05) is 11.7 Å². The Morgan fingerprint density at radius 3 is 2.29 bits per heavy atom. The van der Waals surface area contributed by atoms with Crippen LogP contribution >= 0.6 is 0 Å². The number of carbonyl (C=O) groups is 1. The van der Waals surface area contributed by atoms with Gasteiger partial charge in [-0.1, -0.05) is 37.5 Å². The first-order valence-corrected chi connectivity index (χ1v) is 11.1. The van der Waals surface area contributed by atoms with Gasteiger partial charge in [0.1, 0.15) is 5.75 Å². The summed E-state index contributed by atoms with van der Waals surface area (Å²) in [6, 6.07) is 15.3. The van der Waals surface area contributed by atoms with Gasteiger partial charge in [0.15, 0.2) is 6.10 Å². The standard InChI is InChI=1S/C21H26N2O4S/c1-16(27-19-10-6-3-7-11-19)21(24)22-17-12-14-20(15-13-17)28(25,26)23-18-8-4-2-5-9-18/h3,6-7,10-16,18,23H,2,4-5,8-9H2,1H3,(H,22,24). The number of ether oxygens (including phenoxy) is 1. The number of rotatable bonds is 7. The minimum atomic E-state index is -3.55. The molecule has 2 N–H and O–H groups in total. The number of anilines is 1. The molecule has 1 atom stereocenters. The number of para-hydroxylation sites is 1. The van der Waals surface area contributed by atoms with Crippen LogP contribution in [0.1, 0.15) is 39.0 Å². The van der Waals surface area contributed by atoms with E-state index in [1.54, 1.807) is 31.2 Å². The van der Waals surface area contributed by atoms with Gasteiger partial charge in [0.05, 0.1) is 4.90 Å². The van der Waals surface area contributed by atoms with E-state index in [1.807, 2.05) is 18.2 Å². The van der Waals surface area contributed by atoms with Gasteiger partial charge in [-0.15, -0.1) is 0 Å². The third-order valence-corrected chi connectivity index (χ3v) is 6.32. The highest BCUT2D eigenvalue weighted by atomic mass is 32.2. The van der Waals surface area contributed by atoms with Crippen LogP contribution in [0.2, 0.25) is 0 Å². The summed E-state index contributed by atoms with van der Waals surface area (Å²) in [7, 11) is -3.55. The zero-order chi connectivity index (χ0) is 20.0. The molecular weight excluding hydrogens is 376 g/mol. The van der Waals surface area contributed by atoms with E-state index in [0.29, 0.717) is 11.4 Å². The highest BCUT2D eigenvalue weighted by Crippen LogP contribution is 2.21. The molecule has 0 heterocycles. The maximum absolute atomic E-state index is 12.5. The van der Waals surface area contributed by atoms with Crippen LogP contribution in [0, 0.1) is 0 Å². The van der Waals surface area contributed by atoms with Gasteiger partial charge in [0.2, 0.25) is 10.0 Å². The quantitative estimate of drug-likeness (QED) is 0.739. The lowest BCUT2D eigenvalue weighted by molar-refractivity contribution is -0.122. The van der Waals surface area contributed by atoms with Crippen LogP contribution in [0.25, 0.3) is 0 Å². The van der Waals surface area contributed by atoms with Crippen LogP contribution in [-0.4, -0.2) is 26.5 Å². The Morgan fingerprint density at radius 1 is 1.00 bits per heavy atom. The van der Waals surface area contributed by atoms with E-state index in [0.717, 1.165) is 25.7 Å². The van der Waals surface area contributed by atoms with Gasteiger partial charge in [-0.2, -0.15) is 0 Å². The lowest BCUT2D eigenvalue weighted by Crippen LogP contribution is -2.36. The van der Waals surface area contributed by atoms with Crippen LogP contribution in [0.3, 0.4) is 0 Å². The van der Waals surface area contributed by atoms with Crippen LogP contribution in [0.15, 0.2) is 59.5 Å². The molecule has 1 amide bonds. The Bertz CT molecular complexity index is 876. The number of hydrogen-bond acceptors (Lipinski definition) is 4. The van der Waals surface area contributed by atoms with Crippen molar-refractivity contribution in [1.82, 2.24) is 4.72 Å². The van der Waals surface area contributed by atoms with E-state index in [9.17, 15) is 13.2 Å². The van der Waals surface area contributed by atoms with Crippen molar-refractivity contribution in [3.8, 4) is 5.75 Å². The van der Waals surface area contributed by atoms with Crippen molar-refractivity contribution in [2.45, 2.75) is 56.1 Å². The lowest BCUT2D eigenvalue weighted by atomic mass is 9.96. The molecule has 0 saturated heterocycles. The fourth-order valence-electron chi connectivity index (χ4n) is 3.23. The summed E-state index contributed by atoms with van der Waals surface area (Å²) in [6.45, 7) is 1.66. The second kappa shape index (κ2) is 9.21. The second-order valence-corrected chi connectivity index (χ2v) is 8.76. The predicted molar refractivity (Wildman–Crippen MR) is 109 cm³/mol. The fraction of sp³-hybridized carbons (Fsp3) is 0.381. The molecule has 1 saturated carbocycles. The molecule has 2 aromatic rings. The van der Waals surface area contributed by atoms with Crippen molar-refractivity contribution >= 4 is 21.6 Å². The van der Waals surface area contributed by atoms with Gasteiger partial charge in [0.25, 0.3) is 5.91 Å². The van der Waals surface area contributed by atoms with E-state index in [4.69, 9.17) is 4.74 Å². The van der Waals surface area contributed by atoms with Crippen molar-refractivity contribution in [2.75, 3.05) is 5.32 Å². The molecule has 150 valence electrons. The monoisotopic (exact) mass is 402 g/mol. The van der Waals surface area contributed by atoms with E-state index in [-0.39, 0.29) is 16.8 Å². The molecular formula is C21H26N2O4S. The normalized spacial score (nSPS) is 16.3. The van der Waals surface area contributed by atoms with E-state index < -0.39 is 16.1 Å². The molecule has 0 bridgehead atoms. The highest BCUT2D eigenvalue weighted by molar-refractivity contribution is 7.89. The Balaban J connectivity index is 1.58. The molecule has 2 aromatic carbocycles. The summed E-state index contributed by atoms with van der Waals surface area (Å²) < 4.78 is 33.4.